The molecule has 5 nitrogen and oxygen atoms in total. The van der Waals surface area contributed by atoms with Crippen LogP contribution in [-0.2, 0) is 9.59 Å². The van der Waals surface area contributed by atoms with E-state index in [9.17, 15) is 9.59 Å². The van der Waals surface area contributed by atoms with Gasteiger partial charge in [-0.2, -0.15) is 5.26 Å². The van der Waals surface area contributed by atoms with Crippen LogP contribution in [0.4, 0.5) is 0 Å². The summed E-state index contributed by atoms with van der Waals surface area (Å²) in [4.78, 5) is 21.9. The molecule has 1 amide bonds. The number of nitrogens with zero attached hydrogens (tertiary/aromatic N) is 1. The Labute approximate surface area is 88.1 Å². The molecule has 1 fully saturated rings. The molecule has 0 aromatic carbocycles. The molecular weight excluding hydrogens is 196 g/mol. The highest BCUT2D eigenvalue weighted by molar-refractivity contribution is 5.96. The van der Waals surface area contributed by atoms with Gasteiger partial charge in [-0.3, -0.25) is 9.59 Å². The molecule has 3 atom stereocenters. The number of carbonyl (C=O) groups excluding carboxylic acids is 1. The van der Waals surface area contributed by atoms with E-state index in [-0.39, 0.29) is 12.0 Å². The quantitative estimate of drug-likeness (QED) is 0.664. The molecule has 0 bridgehead atoms. The minimum atomic E-state index is -1.14. The third-order valence-corrected chi connectivity index (χ3v) is 2.77. The molecule has 0 saturated heterocycles. The van der Waals surface area contributed by atoms with Crippen molar-refractivity contribution >= 4 is 11.9 Å². The molecular formula is C10H14N2O3. The smallest absolute Gasteiger partial charge is 0.315 e. The molecule has 3 unspecified atom stereocenters. The van der Waals surface area contributed by atoms with Gasteiger partial charge in [0.05, 0.1) is 12.0 Å². The van der Waals surface area contributed by atoms with E-state index >= 15 is 0 Å². The number of carboxylic acid groups (broad SMARTS) is 1. The maximum atomic E-state index is 11.4. The van der Waals surface area contributed by atoms with Gasteiger partial charge in [0.1, 0.15) is 5.92 Å². The summed E-state index contributed by atoms with van der Waals surface area (Å²) < 4.78 is 0. The number of nitriles is 1. The van der Waals surface area contributed by atoms with E-state index in [0.717, 1.165) is 19.3 Å². The monoisotopic (exact) mass is 210 g/mol. The molecule has 15 heavy (non-hydrogen) atoms. The van der Waals surface area contributed by atoms with Crippen LogP contribution in [0, 0.1) is 23.2 Å². The van der Waals surface area contributed by atoms with Crippen LogP contribution in [0.15, 0.2) is 0 Å². The van der Waals surface area contributed by atoms with Gasteiger partial charge in [-0.05, 0) is 26.2 Å². The van der Waals surface area contributed by atoms with Crippen molar-refractivity contribution in [1.82, 2.24) is 5.32 Å². The van der Waals surface area contributed by atoms with Gasteiger partial charge in [0.25, 0.3) is 0 Å². The Balaban J connectivity index is 2.51. The molecule has 1 saturated carbocycles. The minimum Gasteiger partial charge on any atom is -0.481 e. The summed E-state index contributed by atoms with van der Waals surface area (Å²) in [5.41, 5.74) is 0. The van der Waals surface area contributed by atoms with E-state index in [1.54, 1.807) is 0 Å². The highest BCUT2D eigenvalue weighted by Crippen LogP contribution is 2.24. The van der Waals surface area contributed by atoms with Crippen LogP contribution < -0.4 is 5.32 Å². The maximum absolute atomic E-state index is 11.4. The van der Waals surface area contributed by atoms with Gasteiger partial charge in [-0.1, -0.05) is 0 Å². The number of hydrogen-bond acceptors (Lipinski definition) is 3. The molecule has 0 heterocycles. The molecule has 1 aliphatic carbocycles. The molecule has 0 aromatic heterocycles. The topological polar surface area (TPSA) is 90.2 Å². The number of rotatable bonds is 3. The van der Waals surface area contributed by atoms with Gasteiger partial charge < -0.3 is 10.4 Å². The molecule has 5 heteroatoms. The Morgan fingerprint density at radius 2 is 2.20 bits per heavy atom. The first-order valence-corrected chi connectivity index (χ1v) is 4.99. The molecule has 0 aliphatic heterocycles. The Bertz CT molecular complexity index is 308. The highest BCUT2D eigenvalue weighted by Gasteiger charge is 2.31. The SMILES string of the molecule is CC(C(=O)O)C(=O)NC1CCCC1C#N. The van der Waals surface area contributed by atoms with E-state index < -0.39 is 17.8 Å². The molecule has 82 valence electrons. The fourth-order valence-corrected chi connectivity index (χ4v) is 1.71. The summed E-state index contributed by atoms with van der Waals surface area (Å²) in [5, 5.41) is 20.0. The van der Waals surface area contributed by atoms with Gasteiger partial charge in [-0.25, -0.2) is 0 Å². The number of carbonyl (C=O) groups is 2. The second kappa shape index (κ2) is 4.78. The number of aliphatic carboxylic acids is 1. The van der Waals surface area contributed by atoms with E-state index in [0.29, 0.717) is 0 Å². The highest BCUT2D eigenvalue weighted by atomic mass is 16.4. The van der Waals surface area contributed by atoms with Crippen LogP contribution in [0.5, 0.6) is 0 Å². The van der Waals surface area contributed by atoms with Crippen molar-refractivity contribution in [2.24, 2.45) is 11.8 Å². The van der Waals surface area contributed by atoms with E-state index in [1.807, 2.05) is 0 Å². The van der Waals surface area contributed by atoms with Gasteiger partial charge in [0.15, 0.2) is 0 Å². The van der Waals surface area contributed by atoms with Crippen molar-refractivity contribution in [1.29, 1.82) is 5.26 Å². The molecule has 0 aromatic rings. The number of hydrogen-bond donors (Lipinski definition) is 2. The zero-order valence-corrected chi connectivity index (χ0v) is 8.56. The third-order valence-electron chi connectivity index (χ3n) is 2.77. The standard InChI is InChI=1S/C10H14N2O3/c1-6(10(14)15)9(13)12-8-4-2-3-7(8)5-11/h6-8H,2-4H2,1H3,(H,12,13)(H,14,15). The zero-order valence-electron chi connectivity index (χ0n) is 8.56. The van der Waals surface area contributed by atoms with Crippen LogP contribution in [0.25, 0.3) is 0 Å². The first-order chi connectivity index (χ1) is 7.06. The summed E-state index contributed by atoms with van der Waals surface area (Å²) in [6, 6.07) is 1.95. The van der Waals surface area contributed by atoms with Crippen LogP contribution in [0.1, 0.15) is 26.2 Å². The van der Waals surface area contributed by atoms with Crippen molar-refractivity contribution in [2.75, 3.05) is 0 Å². The van der Waals surface area contributed by atoms with Crippen LogP contribution in [-0.4, -0.2) is 23.0 Å². The van der Waals surface area contributed by atoms with Gasteiger partial charge in [-0.15, -0.1) is 0 Å². The van der Waals surface area contributed by atoms with Crippen LogP contribution in [0.2, 0.25) is 0 Å². The first-order valence-electron chi connectivity index (χ1n) is 4.99. The van der Waals surface area contributed by atoms with Crippen molar-refractivity contribution < 1.29 is 14.7 Å². The minimum absolute atomic E-state index is 0.171. The second-order valence-corrected chi connectivity index (χ2v) is 3.84. The third kappa shape index (κ3) is 2.69. The molecule has 1 rings (SSSR count). The lowest BCUT2D eigenvalue weighted by Crippen LogP contribution is -2.41. The predicted octanol–water partition coefficient (Wildman–Crippen LogP) is 0.516. The molecule has 0 radical (unpaired) electrons. The average molecular weight is 210 g/mol. The lowest BCUT2D eigenvalue weighted by molar-refractivity contribution is -0.146. The summed E-state index contributed by atoms with van der Waals surface area (Å²) >= 11 is 0. The van der Waals surface area contributed by atoms with Crippen molar-refractivity contribution in [3.8, 4) is 6.07 Å². The molecule has 2 N–H and O–H groups in total. The van der Waals surface area contributed by atoms with Gasteiger partial charge in [0, 0.05) is 6.04 Å². The second-order valence-electron chi connectivity index (χ2n) is 3.84. The maximum Gasteiger partial charge on any atom is 0.315 e. The predicted molar refractivity (Wildman–Crippen MR) is 51.7 cm³/mol. The largest absolute Gasteiger partial charge is 0.481 e. The summed E-state index contributed by atoms with van der Waals surface area (Å²) in [6.07, 6.45) is 2.45. The Morgan fingerprint density at radius 1 is 1.53 bits per heavy atom. The lowest BCUT2D eigenvalue weighted by Gasteiger charge is -2.16. The van der Waals surface area contributed by atoms with E-state index in [4.69, 9.17) is 10.4 Å². The Morgan fingerprint density at radius 3 is 2.73 bits per heavy atom. The summed E-state index contributed by atoms with van der Waals surface area (Å²) in [5.74, 6) is -2.87. The fourth-order valence-electron chi connectivity index (χ4n) is 1.71. The summed E-state index contributed by atoms with van der Waals surface area (Å²) in [7, 11) is 0. The lowest BCUT2D eigenvalue weighted by atomic mass is 10.0. The normalized spacial score (nSPS) is 26.7. The van der Waals surface area contributed by atoms with E-state index in [1.165, 1.54) is 6.92 Å². The van der Waals surface area contributed by atoms with Gasteiger partial charge in [0.2, 0.25) is 5.91 Å². The summed E-state index contributed by atoms with van der Waals surface area (Å²) in [6.45, 7) is 1.34. The number of nitrogens with one attached hydrogen (secondary N) is 1. The van der Waals surface area contributed by atoms with Crippen LogP contribution >= 0.6 is 0 Å². The Kier molecular flexibility index (Phi) is 3.67. The molecule has 0 spiro atoms. The van der Waals surface area contributed by atoms with Crippen molar-refractivity contribution in [2.45, 2.75) is 32.2 Å². The van der Waals surface area contributed by atoms with Gasteiger partial charge >= 0.3 is 5.97 Å². The van der Waals surface area contributed by atoms with Crippen LogP contribution in [0.3, 0.4) is 0 Å². The van der Waals surface area contributed by atoms with Crippen molar-refractivity contribution in [3.05, 3.63) is 0 Å². The molecule has 1 aliphatic rings. The Hall–Kier alpha value is -1.57. The van der Waals surface area contributed by atoms with E-state index in [2.05, 4.69) is 11.4 Å². The first kappa shape index (κ1) is 11.5. The fraction of sp³-hybridized carbons (Fsp3) is 0.700. The number of carboxylic acids is 1. The zero-order chi connectivity index (χ0) is 11.4. The average Bonchev–Trinajstić information content (AvgIpc) is 2.63. The van der Waals surface area contributed by atoms with Crippen molar-refractivity contribution in [3.63, 3.8) is 0 Å². The number of amides is 1.